The van der Waals surface area contributed by atoms with Gasteiger partial charge in [0.15, 0.2) is 0 Å². The molecule has 0 fully saturated rings. The van der Waals surface area contributed by atoms with E-state index in [1.165, 1.54) is 6.21 Å². The van der Waals surface area contributed by atoms with Crippen LogP contribution in [0.3, 0.4) is 0 Å². The van der Waals surface area contributed by atoms with E-state index in [-0.39, 0.29) is 11.4 Å². The number of pyridine rings is 2. The Labute approximate surface area is 160 Å². The summed E-state index contributed by atoms with van der Waals surface area (Å²) in [6.07, 6.45) is 4.77. The van der Waals surface area contributed by atoms with E-state index in [0.717, 1.165) is 22.4 Å². The van der Waals surface area contributed by atoms with Gasteiger partial charge in [-0.15, -0.1) is 0 Å². The normalized spacial score (nSPS) is 11.2. The van der Waals surface area contributed by atoms with Crippen LogP contribution in [-0.4, -0.2) is 22.1 Å². The zero-order valence-corrected chi connectivity index (χ0v) is 15.1. The topological polar surface area (TPSA) is 106 Å². The Morgan fingerprint density at radius 1 is 1.21 bits per heavy atom. The van der Waals surface area contributed by atoms with E-state index in [0.29, 0.717) is 11.1 Å². The molecule has 0 unspecified atom stereocenters. The number of aromatic nitrogens is 2. The Morgan fingerprint density at radius 3 is 2.79 bits per heavy atom. The summed E-state index contributed by atoms with van der Waals surface area (Å²) in [6, 6.07) is 15.2. The van der Waals surface area contributed by atoms with E-state index in [9.17, 15) is 4.79 Å². The molecule has 0 saturated heterocycles. The number of rotatable bonds is 4. The number of benzene rings is 1. The molecular formula is C21H17N5O2. The van der Waals surface area contributed by atoms with E-state index in [1.54, 1.807) is 18.5 Å². The highest BCUT2D eigenvalue weighted by Gasteiger charge is 2.21. The first-order valence-electron chi connectivity index (χ1n) is 8.62. The van der Waals surface area contributed by atoms with Gasteiger partial charge in [0.1, 0.15) is 0 Å². The van der Waals surface area contributed by atoms with Gasteiger partial charge < -0.3 is 10.2 Å². The minimum absolute atomic E-state index is 0.0147. The zero-order chi connectivity index (χ0) is 19.5. The van der Waals surface area contributed by atoms with Crippen molar-refractivity contribution in [2.24, 2.45) is 5.10 Å². The molecule has 28 heavy (non-hydrogen) atoms. The third-order valence-corrected chi connectivity index (χ3v) is 4.24. The number of hydrazone groups is 1. The number of carbonyl (C=O) groups is 1. The van der Waals surface area contributed by atoms with Gasteiger partial charge in [-0.05, 0) is 24.6 Å². The van der Waals surface area contributed by atoms with Crippen molar-refractivity contribution in [2.75, 3.05) is 5.73 Å². The van der Waals surface area contributed by atoms with Crippen LogP contribution < -0.4 is 11.2 Å². The minimum atomic E-state index is -0.545. The lowest BCUT2D eigenvalue weighted by molar-refractivity contribution is 0.0930. The standard InChI is InChI=1S/C21H17N5O2/c1-13-10-16(15-7-3-2-4-8-15)25-21-17(13)18(22)19(28-21)20(27)26-24-12-14-6-5-9-23-11-14/h2-12H,22H2,1H3,(H,26,27)/b24-12-. The maximum atomic E-state index is 12.4. The number of nitrogens with one attached hydrogen (secondary N) is 1. The summed E-state index contributed by atoms with van der Waals surface area (Å²) in [7, 11) is 0. The molecule has 1 amide bonds. The number of nitrogen functional groups attached to an aromatic ring is 1. The van der Waals surface area contributed by atoms with Crippen LogP contribution in [0.25, 0.3) is 22.4 Å². The quantitative estimate of drug-likeness (QED) is 0.421. The van der Waals surface area contributed by atoms with Crippen molar-refractivity contribution in [1.29, 1.82) is 0 Å². The molecule has 0 radical (unpaired) electrons. The maximum absolute atomic E-state index is 12.4. The lowest BCUT2D eigenvalue weighted by Gasteiger charge is -2.03. The number of hydrogen-bond donors (Lipinski definition) is 2. The highest BCUT2D eigenvalue weighted by Crippen LogP contribution is 2.32. The Balaban J connectivity index is 1.64. The van der Waals surface area contributed by atoms with Crippen LogP contribution in [0.2, 0.25) is 0 Å². The molecular weight excluding hydrogens is 354 g/mol. The molecule has 0 saturated carbocycles. The van der Waals surface area contributed by atoms with Gasteiger partial charge in [-0.3, -0.25) is 9.78 Å². The number of furan rings is 1. The summed E-state index contributed by atoms with van der Waals surface area (Å²) in [5.74, 6) is -0.560. The first kappa shape index (κ1) is 17.4. The smallest absolute Gasteiger partial charge is 0.309 e. The van der Waals surface area contributed by atoms with Crippen molar-refractivity contribution in [3.8, 4) is 11.3 Å². The molecule has 3 N–H and O–H groups in total. The molecule has 3 aromatic heterocycles. The summed E-state index contributed by atoms with van der Waals surface area (Å²) >= 11 is 0. The van der Waals surface area contributed by atoms with E-state index >= 15 is 0 Å². The van der Waals surface area contributed by atoms with Crippen LogP contribution in [0, 0.1) is 6.92 Å². The highest BCUT2D eigenvalue weighted by atomic mass is 16.4. The number of nitrogens with zero attached hydrogens (tertiary/aromatic N) is 3. The molecule has 0 spiro atoms. The number of hydrogen-bond acceptors (Lipinski definition) is 6. The predicted octanol–water partition coefficient (Wildman–Crippen LogP) is 3.54. The van der Waals surface area contributed by atoms with Crippen molar-refractivity contribution in [1.82, 2.24) is 15.4 Å². The second kappa shape index (κ2) is 7.32. The fourth-order valence-electron chi connectivity index (χ4n) is 2.90. The molecule has 138 valence electrons. The maximum Gasteiger partial charge on any atom is 0.309 e. The van der Waals surface area contributed by atoms with Crippen LogP contribution in [0.1, 0.15) is 21.7 Å². The molecule has 3 heterocycles. The van der Waals surface area contributed by atoms with Crippen LogP contribution in [-0.2, 0) is 0 Å². The Bertz CT molecular complexity index is 1170. The van der Waals surface area contributed by atoms with Gasteiger partial charge in [-0.25, -0.2) is 10.4 Å². The van der Waals surface area contributed by atoms with E-state index in [1.807, 2.05) is 49.4 Å². The monoisotopic (exact) mass is 371 g/mol. The lowest BCUT2D eigenvalue weighted by Crippen LogP contribution is -2.18. The Morgan fingerprint density at radius 2 is 2.04 bits per heavy atom. The van der Waals surface area contributed by atoms with E-state index < -0.39 is 5.91 Å². The van der Waals surface area contributed by atoms with Crippen molar-refractivity contribution in [3.05, 3.63) is 77.8 Å². The highest BCUT2D eigenvalue weighted by molar-refractivity contribution is 6.06. The first-order chi connectivity index (χ1) is 13.6. The molecule has 7 heteroatoms. The largest absolute Gasteiger partial charge is 0.430 e. The van der Waals surface area contributed by atoms with Gasteiger partial charge in [0.05, 0.1) is 23.0 Å². The number of fused-ring (bicyclic) bond motifs is 1. The minimum Gasteiger partial charge on any atom is -0.430 e. The molecule has 4 rings (SSSR count). The zero-order valence-electron chi connectivity index (χ0n) is 15.1. The van der Waals surface area contributed by atoms with Gasteiger partial charge in [-0.1, -0.05) is 36.4 Å². The summed E-state index contributed by atoms with van der Waals surface area (Å²) in [5, 5.41) is 4.54. The van der Waals surface area contributed by atoms with Gasteiger partial charge in [0.25, 0.3) is 0 Å². The van der Waals surface area contributed by atoms with Gasteiger partial charge in [-0.2, -0.15) is 5.10 Å². The van der Waals surface area contributed by atoms with E-state index in [2.05, 4.69) is 20.5 Å². The van der Waals surface area contributed by atoms with Gasteiger partial charge >= 0.3 is 5.91 Å². The van der Waals surface area contributed by atoms with Crippen LogP contribution in [0.5, 0.6) is 0 Å². The number of carbonyl (C=O) groups excluding carboxylic acids is 1. The molecule has 0 aliphatic carbocycles. The number of amides is 1. The molecule has 4 aromatic rings. The van der Waals surface area contributed by atoms with Crippen molar-refractivity contribution in [3.63, 3.8) is 0 Å². The third kappa shape index (κ3) is 3.33. The summed E-state index contributed by atoms with van der Waals surface area (Å²) in [4.78, 5) is 20.9. The van der Waals surface area contributed by atoms with Crippen molar-refractivity contribution >= 4 is 28.9 Å². The molecule has 1 aromatic carbocycles. The fourth-order valence-corrected chi connectivity index (χ4v) is 2.90. The molecule has 0 aliphatic heterocycles. The Kier molecular flexibility index (Phi) is 4.55. The fraction of sp³-hybridized carbons (Fsp3) is 0.0476. The van der Waals surface area contributed by atoms with Crippen LogP contribution in [0.15, 0.2) is 70.4 Å². The second-order valence-corrected chi connectivity index (χ2v) is 6.20. The average Bonchev–Trinajstić information content (AvgIpc) is 3.06. The second-order valence-electron chi connectivity index (χ2n) is 6.20. The van der Waals surface area contributed by atoms with Crippen LogP contribution in [0.4, 0.5) is 5.69 Å². The molecule has 7 nitrogen and oxygen atoms in total. The Hall–Kier alpha value is -4.00. The number of aryl methyl sites for hydroxylation is 1. The van der Waals surface area contributed by atoms with Crippen molar-refractivity contribution < 1.29 is 9.21 Å². The third-order valence-electron chi connectivity index (χ3n) is 4.24. The lowest BCUT2D eigenvalue weighted by atomic mass is 10.1. The first-order valence-corrected chi connectivity index (χ1v) is 8.62. The molecule has 0 atom stereocenters. The summed E-state index contributed by atoms with van der Waals surface area (Å²) in [6.45, 7) is 1.91. The predicted molar refractivity (Wildman–Crippen MR) is 108 cm³/mol. The number of anilines is 1. The van der Waals surface area contributed by atoms with Gasteiger partial charge in [0, 0.05) is 23.5 Å². The number of nitrogens with two attached hydrogens (primary N) is 1. The average molecular weight is 371 g/mol. The van der Waals surface area contributed by atoms with E-state index in [4.69, 9.17) is 10.2 Å². The van der Waals surface area contributed by atoms with Crippen LogP contribution >= 0.6 is 0 Å². The summed E-state index contributed by atoms with van der Waals surface area (Å²) in [5.41, 5.74) is 12.5. The van der Waals surface area contributed by atoms with Gasteiger partial charge in [0.2, 0.25) is 11.5 Å². The molecule has 0 bridgehead atoms. The molecule has 0 aliphatic rings. The SMILES string of the molecule is Cc1cc(-c2ccccc2)nc2oc(C(=O)N/N=C\c3cccnc3)c(N)c12. The summed E-state index contributed by atoms with van der Waals surface area (Å²) < 4.78 is 5.67. The van der Waals surface area contributed by atoms with Crippen molar-refractivity contribution in [2.45, 2.75) is 6.92 Å².